The van der Waals surface area contributed by atoms with Crippen molar-refractivity contribution in [3.05, 3.63) is 58.8 Å². The summed E-state index contributed by atoms with van der Waals surface area (Å²) in [6.07, 6.45) is 1.94. The topological polar surface area (TPSA) is 57.9 Å². The smallest absolute Gasteiger partial charge is 0.166 e. The Morgan fingerprint density at radius 2 is 1.97 bits per heavy atom. The summed E-state index contributed by atoms with van der Waals surface area (Å²) < 4.78 is 8.84. The van der Waals surface area contributed by atoms with Gasteiger partial charge in [0, 0.05) is 36.0 Å². The van der Waals surface area contributed by atoms with Crippen LogP contribution in [-0.2, 0) is 25.3 Å². The standard InChI is InChI=1S/C24H24N2O3/c1-25-10-9-23-19-13-7-8-17(27)21(19)29-22(23)20-15(12-24(23,28)18(25)11-13)14-5-3-4-6-16(14)26(20)2/h3-8,18,22,27-28H,9-12H2,1-2H3/t18-,22+,23+,24-/m1/s1. The van der Waals surface area contributed by atoms with E-state index in [4.69, 9.17) is 4.74 Å². The van der Waals surface area contributed by atoms with Gasteiger partial charge in [-0.2, -0.15) is 0 Å². The molecule has 4 atom stereocenters. The number of phenols is 1. The third kappa shape index (κ3) is 1.54. The van der Waals surface area contributed by atoms with Gasteiger partial charge in [0.05, 0.1) is 16.7 Å². The van der Waals surface area contributed by atoms with Crippen LogP contribution in [0.25, 0.3) is 10.9 Å². The average Bonchev–Trinajstić information content (AvgIpc) is 3.19. The average molecular weight is 388 g/mol. The highest BCUT2D eigenvalue weighted by Crippen LogP contribution is 2.69. The highest BCUT2D eigenvalue weighted by Gasteiger charge is 2.72. The molecule has 1 saturated heterocycles. The number of aryl methyl sites for hydroxylation is 1. The van der Waals surface area contributed by atoms with Crippen molar-refractivity contribution in [3.63, 3.8) is 0 Å². The van der Waals surface area contributed by atoms with Crippen LogP contribution in [-0.4, -0.2) is 44.9 Å². The van der Waals surface area contributed by atoms with E-state index in [2.05, 4.69) is 47.8 Å². The van der Waals surface area contributed by atoms with Gasteiger partial charge < -0.3 is 24.4 Å². The van der Waals surface area contributed by atoms with Crippen LogP contribution >= 0.6 is 0 Å². The summed E-state index contributed by atoms with van der Waals surface area (Å²) in [4.78, 5) is 2.33. The molecule has 1 fully saturated rings. The van der Waals surface area contributed by atoms with Gasteiger partial charge in [0.1, 0.15) is 0 Å². The highest BCUT2D eigenvalue weighted by molar-refractivity contribution is 5.87. The Hall–Kier alpha value is -2.50. The summed E-state index contributed by atoms with van der Waals surface area (Å²) in [6, 6.07) is 12.3. The molecule has 1 spiro atoms. The maximum atomic E-state index is 12.5. The number of benzene rings is 2. The van der Waals surface area contributed by atoms with Crippen molar-refractivity contribution < 1.29 is 14.9 Å². The molecule has 2 aromatic carbocycles. The molecule has 2 aliphatic carbocycles. The van der Waals surface area contributed by atoms with Gasteiger partial charge in [-0.15, -0.1) is 0 Å². The number of ether oxygens (including phenoxy) is 1. The van der Waals surface area contributed by atoms with Crippen LogP contribution < -0.4 is 4.74 Å². The molecular weight excluding hydrogens is 364 g/mol. The Morgan fingerprint density at radius 3 is 2.83 bits per heavy atom. The van der Waals surface area contributed by atoms with Gasteiger partial charge in [-0.05, 0) is 49.7 Å². The first kappa shape index (κ1) is 16.3. The zero-order valence-corrected chi connectivity index (χ0v) is 16.6. The minimum atomic E-state index is -0.923. The molecule has 4 aliphatic rings. The molecule has 0 amide bonds. The number of likely N-dealkylation sites (tertiary alicyclic amines) is 1. The minimum absolute atomic E-state index is 0.0393. The molecular formula is C24H24N2O3. The summed E-state index contributed by atoms with van der Waals surface area (Å²) in [7, 11) is 4.23. The van der Waals surface area contributed by atoms with Gasteiger partial charge in [-0.3, -0.25) is 0 Å². The lowest BCUT2D eigenvalue weighted by Crippen LogP contribution is -2.73. The molecule has 3 heterocycles. The maximum Gasteiger partial charge on any atom is 0.166 e. The fourth-order valence-corrected chi connectivity index (χ4v) is 7.21. The van der Waals surface area contributed by atoms with Gasteiger partial charge in [0.25, 0.3) is 0 Å². The molecule has 29 heavy (non-hydrogen) atoms. The Labute approximate surface area is 169 Å². The third-order valence-electron chi connectivity index (χ3n) is 8.44. The molecule has 148 valence electrons. The van der Waals surface area contributed by atoms with E-state index in [1.54, 1.807) is 6.07 Å². The second-order valence-electron chi connectivity index (χ2n) is 9.41. The van der Waals surface area contributed by atoms with Gasteiger partial charge in [0.2, 0.25) is 0 Å². The first-order chi connectivity index (χ1) is 14.0. The fraction of sp³-hybridized carbons (Fsp3) is 0.417. The van der Waals surface area contributed by atoms with Crippen molar-refractivity contribution in [3.8, 4) is 11.5 Å². The molecule has 2 bridgehead atoms. The normalized spacial score (nSPS) is 34.0. The van der Waals surface area contributed by atoms with Crippen LogP contribution in [0.4, 0.5) is 0 Å². The van der Waals surface area contributed by atoms with Crippen molar-refractivity contribution in [2.24, 2.45) is 7.05 Å². The summed E-state index contributed by atoms with van der Waals surface area (Å²) in [6.45, 7) is 0.917. The second kappa shape index (κ2) is 4.79. The first-order valence-corrected chi connectivity index (χ1v) is 10.5. The van der Waals surface area contributed by atoms with Crippen LogP contribution in [0.15, 0.2) is 36.4 Å². The molecule has 1 aromatic heterocycles. The lowest BCUT2D eigenvalue weighted by atomic mass is 9.49. The third-order valence-corrected chi connectivity index (χ3v) is 8.44. The van der Waals surface area contributed by atoms with Gasteiger partial charge in [-0.1, -0.05) is 24.3 Å². The first-order valence-electron chi connectivity index (χ1n) is 10.5. The van der Waals surface area contributed by atoms with Gasteiger partial charge in [-0.25, -0.2) is 0 Å². The summed E-state index contributed by atoms with van der Waals surface area (Å²) in [5, 5.41) is 24.4. The summed E-state index contributed by atoms with van der Waals surface area (Å²) in [5.41, 5.74) is 4.36. The monoisotopic (exact) mass is 388 g/mol. The van der Waals surface area contributed by atoms with Crippen molar-refractivity contribution in [2.45, 2.75) is 42.4 Å². The number of aromatic nitrogens is 1. The van der Waals surface area contributed by atoms with Crippen LogP contribution in [0, 0.1) is 0 Å². The van der Waals surface area contributed by atoms with E-state index < -0.39 is 11.0 Å². The number of piperidine rings is 1. The fourth-order valence-electron chi connectivity index (χ4n) is 7.21. The number of nitrogens with zero attached hydrogens (tertiary/aromatic N) is 2. The van der Waals surface area contributed by atoms with Gasteiger partial charge in [0.15, 0.2) is 17.6 Å². The minimum Gasteiger partial charge on any atom is -0.504 e. The van der Waals surface area contributed by atoms with Crippen LogP contribution in [0.2, 0.25) is 0 Å². The van der Waals surface area contributed by atoms with E-state index in [0.29, 0.717) is 12.2 Å². The number of hydrogen-bond donors (Lipinski definition) is 2. The van der Waals surface area contributed by atoms with E-state index in [0.717, 1.165) is 30.6 Å². The Morgan fingerprint density at radius 1 is 1.14 bits per heavy atom. The van der Waals surface area contributed by atoms with E-state index in [-0.39, 0.29) is 17.9 Å². The molecule has 7 rings (SSSR count). The van der Waals surface area contributed by atoms with E-state index >= 15 is 0 Å². The molecule has 3 aromatic rings. The zero-order valence-electron chi connectivity index (χ0n) is 16.6. The molecule has 2 N–H and O–H groups in total. The van der Waals surface area contributed by atoms with Crippen molar-refractivity contribution >= 4 is 10.9 Å². The molecule has 5 heteroatoms. The number of rotatable bonds is 0. The Balaban J connectivity index is 1.64. The number of para-hydroxylation sites is 1. The largest absolute Gasteiger partial charge is 0.504 e. The van der Waals surface area contributed by atoms with Crippen LogP contribution in [0.5, 0.6) is 11.5 Å². The predicted molar refractivity (Wildman–Crippen MR) is 109 cm³/mol. The quantitative estimate of drug-likeness (QED) is 0.622. The number of likely N-dealkylation sites (N-methyl/N-ethyl adjacent to an activating group) is 1. The van der Waals surface area contributed by atoms with Gasteiger partial charge >= 0.3 is 0 Å². The number of phenolic OH excluding ortho intramolecular Hbond substituents is 1. The van der Waals surface area contributed by atoms with Crippen LogP contribution in [0.3, 0.4) is 0 Å². The lowest BCUT2D eigenvalue weighted by Gasteiger charge is -2.62. The van der Waals surface area contributed by atoms with E-state index in [1.165, 1.54) is 22.0 Å². The zero-order chi connectivity index (χ0) is 19.7. The molecule has 5 nitrogen and oxygen atoms in total. The lowest BCUT2D eigenvalue weighted by molar-refractivity contribution is -0.168. The number of aromatic hydroxyl groups is 1. The Kier molecular flexibility index (Phi) is 2.70. The molecule has 0 radical (unpaired) electrons. The van der Waals surface area contributed by atoms with Crippen LogP contribution in [0.1, 0.15) is 34.9 Å². The van der Waals surface area contributed by atoms with E-state index in [9.17, 15) is 10.2 Å². The number of aliphatic hydroxyl groups is 1. The SMILES string of the molecule is CN1CC[C@]23c4c5ccc(O)c4O[C@H]2c2c(c4ccccc4n2C)C[C@@]3(O)[C@H]1C5. The molecule has 0 saturated carbocycles. The van der Waals surface area contributed by atoms with Crippen molar-refractivity contribution in [1.29, 1.82) is 0 Å². The Bertz CT molecular complexity index is 1230. The second-order valence-corrected chi connectivity index (χ2v) is 9.41. The van der Waals surface area contributed by atoms with Crippen molar-refractivity contribution in [1.82, 2.24) is 9.47 Å². The maximum absolute atomic E-state index is 12.5. The van der Waals surface area contributed by atoms with E-state index in [1.807, 2.05) is 6.07 Å². The molecule has 0 unspecified atom stereocenters. The highest BCUT2D eigenvalue weighted by atomic mass is 16.5. The number of hydrogen-bond acceptors (Lipinski definition) is 4. The summed E-state index contributed by atoms with van der Waals surface area (Å²) >= 11 is 0. The van der Waals surface area contributed by atoms with Crippen molar-refractivity contribution in [2.75, 3.05) is 13.6 Å². The predicted octanol–water partition coefficient (Wildman–Crippen LogP) is 2.80. The molecule has 2 aliphatic heterocycles. The summed E-state index contributed by atoms with van der Waals surface area (Å²) in [5.74, 6) is 0.777. The number of fused-ring (bicyclic) bond motifs is 4.